The molecule has 1 amide bonds. The van der Waals surface area contributed by atoms with Crippen molar-refractivity contribution in [3.8, 4) is 17.2 Å². The van der Waals surface area contributed by atoms with Gasteiger partial charge in [0.2, 0.25) is 0 Å². The normalized spacial score (nSPS) is 10.1. The molecule has 2 aromatic carbocycles. The molecule has 2 aromatic rings. The lowest BCUT2D eigenvalue weighted by Gasteiger charge is -2.18. The third-order valence-corrected chi connectivity index (χ3v) is 3.55. The highest BCUT2D eigenvalue weighted by Crippen LogP contribution is 2.17. The number of carbonyl (C=O) groups excluding carboxylic acids is 1. The number of nitrogens with zero attached hydrogens (tertiary/aromatic N) is 1. The van der Waals surface area contributed by atoms with Gasteiger partial charge in [-0.05, 0) is 42.0 Å². The number of carboxylic acid groups (broad SMARTS) is 1. The van der Waals surface area contributed by atoms with Crippen LogP contribution in [0.3, 0.4) is 0 Å². The van der Waals surface area contributed by atoms with Crippen molar-refractivity contribution in [1.82, 2.24) is 4.90 Å². The zero-order valence-electron chi connectivity index (χ0n) is 14.7. The monoisotopic (exact) mass is 359 g/mol. The molecule has 0 aliphatic heterocycles. The van der Waals surface area contributed by atoms with Crippen LogP contribution < -0.4 is 14.2 Å². The molecule has 0 radical (unpaired) electrons. The second-order valence-corrected chi connectivity index (χ2v) is 5.54. The lowest BCUT2D eigenvalue weighted by atomic mass is 10.2. The molecule has 0 bridgehead atoms. The molecule has 0 aliphatic rings. The van der Waals surface area contributed by atoms with E-state index in [1.807, 2.05) is 0 Å². The van der Waals surface area contributed by atoms with Crippen molar-refractivity contribution in [2.75, 3.05) is 27.4 Å². The molecule has 0 saturated carbocycles. The van der Waals surface area contributed by atoms with Crippen LogP contribution in [0.1, 0.15) is 5.56 Å². The van der Waals surface area contributed by atoms with E-state index in [1.54, 1.807) is 67.6 Å². The summed E-state index contributed by atoms with van der Waals surface area (Å²) in [6.45, 7) is -0.0485. The first kappa shape index (κ1) is 19.1. The molecule has 0 unspecified atom stereocenters. The fraction of sp³-hybridized carbons (Fsp3) is 0.263. The Morgan fingerprint density at radius 2 is 1.38 bits per heavy atom. The quantitative estimate of drug-likeness (QED) is 0.739. The van der Waals surface area contributed by atoms with Crippen LogP contribution in [0.15, 0.2) is 48.5 Å². The van der Waals surface area contributed by atoms with Gasteiger partial charge in [-0.15, -0.1) is 0 Å². The second kappa shape index (κ2) is 9.31. The van der Waals surface area contributed by atoms with E-state index in [2.05, 4.69) is 0 Å². The number of aliphatic carboxylic acids is 1. The zero-order chi connectivity index (χ0) is 18.9. The Kier molecular flexibility index (Phi) is 6.84. The standard InChI is InChI=1S/C19H21NO6/c1-20(11-14-3-5-16(6-4-14)26-13-19(22)23)18(21)12-25-17-9-7-15(24-2)8-10-17/h3-10H,11-13H2,1-2H3,(H,22,23). The molecule has 0 heterocycles. The Morgan fingerprint density at radius 1 is 0.885 bits per heavy atom. The Morgan fingerprint density at radius 3 is 1.92 bits per heavy atom. The molecule has 0 atom stereocenters. The Balaban J connectivity index is 1.81. The maximum atomic E-state index is 12.2. The van der Waals surface area contributed by atoms with Crippen LogP contribution in [0.5, 0.6) is 17.2 Å². The molecule has 7 heteroatoms. The first-order valence-corrected chi connectivity index (χ1v) is 7.92. The molecule has 1 N–H and O–H groups in total. The topological polar surface area (TPSA) is 85.3 Å². The van der Waals surface area contributed by atoms with Gasteiger partial charge >= 0.3 is 5.97 Å². The number of likely N-dealkylation sites (N-methyl/N-ethyl adjacent to an activating group) is 1. The maximum absolute atomic E-state index is 12.2. The van der Waals surface area contributed by atoms with Gasteiger partial charge in [0.05, 0.1) is 7.11 Å². The van der Waals surface area contributed by atoms with Crippen LogP contribution in [0.2, 0.25) is 0 Å². The van der Waals surface area contributed by atoms with E-state index in [-0.39, 0.29) is 19.1 Å². The Bertz CT molecular complexity index is 727. The third kappa shape index (κ3) is 6.01. The van der Waals surface area contributed by atoms with Gasteiger partial charge in [-0.1, -0.05) is 12.1 Å². The predicted molar refractivity (Wildman–Crippen MR) is 94.5 cm³/mol. The minimum Gasteiger partial charge on any atom is -0.497 e. The van der Waals surface area contributed by atoms with Crippen molar-refractivity contribution < 1.29 is 28.9 Å². The van der Waals surface area contributed by atoms with Gasteiger partial charge in [-0.3, -0.25) is 4.79 Å². The number of hydrogen-bond donors (Lipinski definition) is 1. The molecular weight excluding hydrogens is 338 g/mol. The summed E-state index contributed by atoms with van der Waals surface area (Å²) in [4.78, 5) is 24.2. The van der Waals surface area contributed by atoms with Gasteiger partial charge in [-0.2, -0.15) is 0 Å². The van der Waals surface area contributed by atoms with Crippen molar-refractivity contribution in [2.24, 2.45) is 0 Å². The van der Waals surface area contributed by atoms with Crippen LogP contribution in [-0.4, -0.2) is 49.3 Å². The summed E-state index contributed by atoms with van der Waals surface area (Å²) in [7, 11) is 3.27. The lowest BCUT2D eigenvalue weighted by Crippen LogP contribution is -2.30. The average Bonchev–Trinajstić information content (AvgIpc) is 2.65. The summed E-state index contributed by atoms with van der Waals surface area (Å²) >= 11 is 0. The third-order valence-electron chi connectivity index (χ3n) is 3.55. The van der Waals surface area contributed by atoms with Gasteiger partial charge in [0.15, 0.2) is 13.2 Å². The molecule has 0 spiro atoms. The lowest BCUT2D eigenvalue weighted by molar-refractivity contribution is -0.139. The molecule has 138 valence electrons. The van der Waals surface area contributed by atoms with Gasteiger partial charge in [0.25, 0.3) is 5.91 Å². The highest BCUT2D eigenvalue weighted by molar-refractivity contribution is 5.77. The van der Waals surface area contributed by atoms with Crippen molar-refractivity contribution in [3.63, 3.8) is 0 Å². The number of carboxylic acids is 1. The first-order valence-electron chi connectivity index (χ1n) is 7.92. The fourth-order valence-corrected chi connectivity index (χ4v) is 2.13. The molecule has 0 aromatic heterocycles. The van der Waals surface area contributed by atoms with E-state index in [4.69, 9.17) is 19.3 Å². The molecule has 2 rings (SSSR count). The van der Waals surface area contributed by atoms with Crippen molar-refractivity contribution in [3.05, 3.63) is 54.1 Å². The highest BCUT2D eigenvalue weighted by atomic mass is 16.5. The van der Waals surface area contributed by atoms with Crippen LogP contribution in [-0.2, 0) is 16.1 Å². The smallest absolute Gasteiger partial charge is 0.341 e. The van der Waals surface area contributed by atoms with Crippen LogP contribution in [0, 0.1) is 0 Å². The number of amides is 1. The van der Waals surface area contributed by atoms with Gasteiger partial charge in [0.1, 0.15) is 17.2 Å². The molecule has 0 aliphatic carbocycles. The Hall–Kier alpha value is -3.22. The van der Waals surface area contributed by atoms with E-state index in [0.717, 1.165) is 11.3 Å². The Labute approximate surface area is 151 Å². The number of hydrogen-bond acceptors (Lipinski definition) is 5. The largest absolute Gasteiger partial charge is 0.497 e. The predicted octanol–water partition coefficient (Wildman–Crippen LogP) is 2.20. The minimum atomic E-state index is -1.03. The van der Waals surface area contributed by atoms with Gasteiger partial charge in [0, 0.05) is 13.6 Å². The minimum absolute atomic E-state index is 0.0668. The first-order chi connectivity index (χ1) is 12.5. The van der Waals surface area contributed by atoms with Crippen molar-refractivity contribution >= 4 is 11.9 Å². The van der Waals surface area contributed by atoms with Crippen LogP contribution >= 0.6 is 0 Å². The maximum Gasteiger partial charge on any atom is 0.341 e. The highest BCUT2D eigenvalue weighted by Gasteiger charge is 2.10. The summed E-state index contributed by atoms with van der Waals surface area (Å²) in [6.07, 6.45) is 0. The van der Waals surface area contributed by atoms with Crippen molar-refractivity contribution in [1.29, 1.82) is 0 Å². The summed E-state index contributed by atoms with van der Waals surface area (Å²) in [5, 5.41) is 8.58. The zero-order valence-corrected chi connectivity index (χ0v) is 14.7. The SMILES string of the molecule is COc1ccc(OCC(=O)N(C)Cc2ccc(OCC(=O)O)cc2)cc1. The van der Waals surface area contributed by atoms with Gasteiger partial charge in [-0.25, -0.2) is 4.79 Å². The van der Waals surface area contributed by atoms with Crippen molar-refractivity contribution in [2.45, 2.75) is 6.54 Å². The van der Waals surface area contributed by atoms with E-state index in [0.29, 0.717) is 18.0 Å². The van der Waals surface area contributed by atoms with E-state index in [9.17, 15) is 9.59 Å². The molecule has 0 saturated heterocycles. The van der Waals surface area contributed by atoms with E-state index in [1.165, 1.54) is 0 Å². The van der Waals surface area contributed by atoms with Crippen LogP contribution in [0.25, 0.3) is 0 Å². The average molecular weight is 359 g/mol. The number of carbonyl (C=O) groups is 2. The second-order valence-electron chi connectivity index (χ2n) is 5.54. The molecule has 0 fully saturated rings. The summed E-state index contributed by atoms with van der Waals surface area (Å²) in [6, 6.07) is 13.9. The summed E-state index contributed by atoms with van der Waals surface area (Å²) < 4.78 is 15.6. The molecule has 26 heavy (non-hydrogen) atoms. The van der Waals surface area contributed by atoms with Gasteiger partial charge < -0.3 is 24.2 Å². The number of rotatable bonds is 9. The number of ether oxygens (including phenoxy) is 3. The fourth-order valence-electron chi connectivity index (χ4n) is 2.13. The van der Waals surface area contributed by atoms with E-state index >= 15 is 0 Å². The summed E-state index contributed by atoms with van der Waals surface area (Å²) in [5.41, 5.74) is 0.896. The molecular formula is C19H21NO6. The molecule has 7 nitrogen and oxygen atoms in total. The number of benzene rings is 2. The van der Waals surface area contributed by atoms with E-state index < -0.39 is 5.97 Å². The number of methoxy groups -OCH3 is 1. The summed E-state index contributed by atoms with van der Waals surface area (Å²) in [5.74, 6) is 0.584. The van der Waals surface area contributed by atoms with Crippen LogP contribution in [0.4, 0.5) is 0 Å².